The standard InChI is InChI=1S/C20H17IN4O3/c1-2-4-13-5-3-6-14(19(13)27)10-23-24-18(26)11-25-12-22-17-8-7-15(21)9-16(17)20(25)28/h2-3,5-10,12,27H,1,4,11H2,(H,24,26)/b23-10+. The predicted molar refractivity (Wildman–Crippen MR) is 116 cm³/mol. The summed E-state index contributed by atoms with van der Waals surface area (Å²) in [7, 11) is 0. The first-order chi connectivity index (χ1) is 13.5. The van der Waals surface area contributed by atoms with Crippen LogP contribution in [0.3, 0.4) is 0 Å². The summed E-state index contributed by atoms with van der Waals surface area (Å²) in [5.74, 6) is -0.392. The van der Waals surface area contributed by atoms with Gasteiger partial charge in [0.2, 0.25) is 0 Å². The Bertz CT molecular complexity index is 1140. The van der Waals surface area contributed by atoms with Gasteiger partial charge in [-0.2, -0.15) is 5.10 Å². The topological polar surface area (TPSA) is 96.6 Å². The molecule has 3 rings (SSSR count). The fourth-order valence-electron chi connectivity index (χ4n) is 2.64. The van der Waals surface area contributed by atoms with Gasteiger partial charge < -0.3 is 5.11 Å². The fraction of sp³-hybridized carbons (Fsp3) is 0.100. The van der Waals surface area contributed by atoms with E-state index in [9.17, 15) is 14.7 Å². The first-order valence-electron chi connectivity index (χ1n) is 8.38. The van der Waals surface area contributed by atoms with E-state index < -0.39 is 5.91 Å². The molecule has 0 spiro atoms. The zero-order valence-corrected chi connectivity index (χ0v) is 17.0. The molecule has 8 heteroatoms. The average molecular weight is 488 g/mol. The van der Waals surface area contributed by atoms with Crippen LogP contribution < -0.4 is 11.0 Å². The number of nitrogens with one attached hydrogen (secondary N) is 1. The van der Waals surface area contributed by atoms with E-state index in [-0.39, 0.29) is 17.9 Å². The van der Waals surface area contributed by atoms with Crippen molar-refractivity contribution < 1.29 is 9.90 Å². The van der Waals surface area contributed by atoms with Crippen LogP contribution in [0.4, 0.5) is 0 Å². The van der Waals surface area contributed by atoms with Gasteiger partial charge in [0.25, 0.3) is 11.5 Å². The fourth-order valence-corrected chi connectivity index (χ4v) is 3.13. The van der Waals surface area contributed by atoms with E-state index >= 15 is 0 Å². The van der Waals surface area contributed by atoms with E-state index in [2.05, 4.69) is 44.7 Å². The van der Waals surface area contributed by atoms with E-state index in [4.69, 9.17) is 0 Å². The van der Waals surface area contributed by atoms with E-state index in [1.54, 1.807) is 36.4 Å². The SMILES string of the molecule is C=CCc1cccc(/C=N/NC(=O)Cn2cnc3ccc(I)cc3c2=O)c1O. The molecule has 7 nitrogen and oxygen atoms in total. The Morgan fingerprint density at radius 1 is 1.36 bits per heavy atom. The number of phenolic OH excluding ortho intramolecular Hbond substituents is 1. The van der Waals surface area contributed by atoms with Gasteiger partial charge in [-0.05, 0) is 58.8 Å². The molecular formula is C20H17IN4O3. The average Bonchev–Trinajstić information content (AvgIpc) is 2.67. The van der Waals surface area contributed by atoms with Crippen molar-refractivity contribution in [2.24, 2.45) is 5.10 Å². The number of aromatic hydroxyl groups is 1. The number of hydrogen-bond acceptors (Lipinski definition) is 5. The van der Waals surface area contributed by atoms with Crippen LogP contribution in [0.5, 0.6) is 5.75 Å². The lowest BCUT2D eigenvalue weighted by molar-refractivity contribution is -0.121. The Morgan fingerprint density at radius 3 is 2.96 bits per heavy atom. The smallest absolute Gasteiger partial charge is 0.261 e. The van der Waals surface area contributed by atoms with E-state index in [0.29, 0.717) is 28.5 Å². The number of rotatable bonds is 6. The van der Waals surface area contributed by atoms with Crippen LogP contribution in [-0.4, -0.2) is 26.8 Å². The first kappa shape index (κ1) is 19.7. The lowest BCUT2D eigenvalue weighted by Gasteiger charge is -2.06. The number of aromatic nitrogens is 2. The number of para-hydroxylation sites is 1. The summed E-state index contributed by atoms with van der Waals surface area (Å²) in [6.45, 7) is 3.43. The minimum Gasteiger partial charge on any atom is -0.507 e. The van der Waals surface area contributed by atoms with Gasteiger partial charge in [-0.1, -0.05) is 18.2 Å². The van der Waals surface area contributed by atoms with Crippen molar-refractivity contribution in [1.29, 1.82) is 0 Å². The van der Waals surface area contributed by atoms with Crippen LogP contribution in [0.2, 0.25) is 0 Å². The molecule has 2 N–H and O–H groups in total. The highest BCUT2D eigenvalue weighted by atomic mass is 127. The van der Waals surface area contributed by atoms with Crippen LogP contribution >= 0.6 is 22.6 Å². The lowest BCUT2D eigenvalue weighted by Crippen LogP contribution is -2.30. The molecule has 28 heavy (non-hydrogen) atoms. The molecule has 0 saturated carbocycles. The van der Waals surface area contributed by atoms with Gasteiger partial charge in [0, 0.05) is 9.13 Å². The molecule has 1 aromatic heterocycles. The van der Waals surface area contributed by atoms with Gasteiger partial charge in [0.05, 0.1) is 23.4 Å². The molecule has 0 aliphatic carbocycles. The molecule has 0 fully saturated rings. The number of halogens is 1. The number of carbonyl (C=O) groups excluding carboxylic acids is 1. The largest absolute Gasteiger partial charge is 0.507 e. The van der Waals surface area contributed by atoms with Gasteiger partial charge in [-0.15, -0.1) is 6.58 Å². The monoisotopic (exact) mass is 488 g/mol. The maximum absolute atomic E-state index is 12.5. The van der Waals surface area contributed by atoms with Gasteiger partial charge in [0.15, 0.2) is 0 Å². The number of amides is 1. The first-order valence-corrected chi connectivity index (χ1v) is 9.46. The number of allylic oxidation sites excluding steroid dienone is 1. The summed E-state index contributed by atoms with van der Waals surface area (Å²) >= 11 is 2.12. The highest BCUT2D eigenvalue weighted by Gasteiger charge is 2.08. The summed E-state index contributed by atoms with van der Waals surface area (Å²) < 4.78 is 2.14. The highest BCUT2D eigenvalue weighted by Crippen LogP contribution is 2.21. The van der Waals surface area contributed by atoms with Crippen LogP contribution in [0.25, 0.3) is 10.9 Å². The molecule has 0 unspecified atom stereocenters. The molecule has 0 aliphatic rings. The number of fused-ring (bicyclic) bond motifs is 1. The molecule has 1 amide bonds. The van der Waals surface area contributed by atoms with E-state index in [1.807, 2.05) is 6.07 Å². The minimum atomic E-state index is -0.480. The van der Waals surface area contributed by atoms with Crippen LogP contribution in [0, 0.1) is 3.57 Å². The van der Waals surface area contributed by atoms with Gasteiger partial charge in [-0.25, -0.2) is 10.4 Å². The number of hydrazone groups is 1. The Hall–Kier alpha value is -3.01. The second kappa shape index (κ2) is 8.79. The maximum atomic E-state index is 12.5. The molecular weight excluding hydrogens is 471 g/mol. The Morgan fingerprint density at radius 2 is 2.18 bits per heavy atom. The van der Waals surface area contributed by atoms with Gasteiger partial charge in [-0.3, -0.25) is 14.2 Å². The van der Waals surface area contributed by atoms with Crippen molar-refractivity contribution >= 4 is 45.6 Å². The second-order valence-electron chi connectivity index (χ2n) is 5.98. The van der Waals surface area contributed by atoms with Crippen molar-refractivity contribution in [3.05, 3.63) is 80.4 Å². The highest BCUT2D eigenvalue weighted by molar-refractivity contribution is 14.1. The number of carbonyl (C=O) groups is 1. The minimum absolute atomic E-state index is 0.0879. The normalized spacial score (nSPS) is 11.0. The van der Waals surface area contributed by atoms with Crippen LogP contribution in [0.1, 0.15) is 11.1 Å². The van der Waals surface area contributed by atoms with Crippen LogP contribution in [-0.2, 0) is 17.8 Å². The van der Waals surface area contributed by atoms with Crippen molar-refractivity contribution in [3.8, 4) is 5.75 Å². The molecule has 142 valence electrons. The summed E-state index contributed by atoms with van der Waals surface area (Å²) in [6.07, 6.45) is 4.90. The maximum Gasteiger partial charge on any atom is 0.261 e. The zero-order valence-electron chi connectivity index (χ0n) is 14.8. The number of benzene rings is 2. The Kier molecular flexibility index (Phi) is 6.19. The number of hydrogen-bond donors (Lipinski definition) is 2. The molecule has 1 heterocycles. The molecule has 0 atom stereocenters. The van der Waals surface area contributed by atoms with Gasteiger partial charge in [0.1, 0.15) is 12.3 Å². The van der Waals surface area contributed by atoms with Crippen molar-refractivity contribution in [1.82, 2.24) is 15.0 Å². The molecule has 3 aromatic rings. The zero-order chi connectivity index (χ0) is 20.1. The molecule has 0 aliphatic heterocycles. The lowest BCUT2D eigenvalue weighted by atomic mass is 10.1. The Balaban J connectivity index is 1.71. The number of nitrogens with zero attached hydrogens (tertiary/aromatic N) is 3. The Labute approximate surface area is 174 Å². The molecule has 0 radical (unpaired) electrons. The quantitative estimate of drug-likeness (QED) is 0.241. The summed E-state index contributed by atoms with van der Waals surface area (Å²) in [6, 6.07) is 10.6. The van der Waals surface area contributed by atoms with Crippen molar-refractivity contribution in [3.63, 3.8) is 0 Å². The molecule has 0 bridgehead atoms. The van der Waals surface area contributed by atoms with Gasteiger partial charge >= 0.3 is 0 Å². The van der Waals surface area contributed by atoms with E-state index in [0.717, 1.165) is 3.57 Å². The molecule has 2 aromatic carbocycles. The summed E-state index contributed by atoms with van der Waals surface area (Å²) in [4.78, 5) is 28.8. The van der Waals surface area contributed by atoms with Crippen LogP contribution in [0.15, 0.2) is 65.3 Å². The van der Waals surface area contributed by atoms with Crippen molar-refractivity contribution in [2.45, 2.75) is 13.0 Å². The third-order valence-corrected chi connectivity index (χ3v) is 4.68. The third kappa shape index (κ3) is 4.45. The predicted octanol–water partition coefficient (Wildman–Crippen LogP) is 2.59. The summed E-state index contributed by atoms with van der Waals surface area (Å²) in [5, 5.41) is 14.5. The van der Waals surface area contributed by atoms with E-state index in [1.165, 1.54) is 17.1 Å². The number of phenols is 1. The van der Waals surface area contributed by atoms with Crippen molar-refractivity contribution in [2.75, 3.05) is 0 Å². The third-order valence-electron chi connectivity index (χ3n) is 4.01. The summed E-state index contributed by atoms with van der Waals surface area (Å²) in [5.41, 5.74) is 3.83. The molecule has 0 saturated heterocycles. The second-order valence-corrected chi connectivity index (χ2v) is 7.23.